The van der Waals surface area contributed by atoms with E-state index in [0.717, 1.165) is 16.7 Å². The van der Waals surface area contributed by atoms with E-state index in [9.17, 15) is 4.79 Å². The maximum atomic E-state index is 11.8. The van der Waals surface area contributed by atoms with Crippen LogP contribution in [-0.4, -0.2) is 23.4 Å². The van der Waals surface area contributed by atoms with Gasteiger partial charge in [0.25, 0.3) is 0 Å². The van der Waals surface area contributed by atoms with Gasteiger partial charge < -0.3 is 15.6 Å². The van der Waals surface area contributed by atoms with Crippen molar-refractivity contribution in [2.45, 2.75) is 46.3 Å². The minimum atomic E-state index is -0.549. The van der Waals surface area contributed by atoms with E-state index >= 15 is 0 Å². The Bertz CT molecular complexity index is 493. The Morgan fingerprint density at radius 1 is 1.40 bits per heavy atom. The number of hydrogen-bond acceptors (Lipinski definition) is 4. The highest BCUT2D eigenvalue weighted by Crippen LogP contribution is 2.24. The van der Waals surface area contributed by atoms with Crippen LogP contribution in [0.15, 0.2) is 12.1 Å². The molecule has 1 rings (SSSR count). The van der Waals surface area contributed by atoms with Crippen LogP contribution in [0.1, 0.15) is 43.5 Å². The van der Waals surface area contributed by atoms with E-state index in [1.54, 1.807) is 6.07 Å². The highest BCUT2D eigenvalue weighted by atomic mass is 16.6. The normalized spacial score (nSPS) is 12.9. The van der Waals surface area contributed by atoms with Crippen molar-refractivity contribution in [3.05, 3.63) is 28.8 Å². The van der Waals surface area contributed by atoms with Gasteiger partial charge in [0.1, 0.15) is 5.60 Å². The van der Waals surface area contributed by atoms with Crippen molar-refractivity contribution < 1.29 is 14.6 Å². The number of amides is 1. The molecule has 1 aromatic rings. The zero-order chi connectivity index (χ0) is 15.5. The van der Waals surface area contributed by atoms with E-state index in [2.05, 4.69) is 5.32 Å². The molecule has 0 radical (unpaired) electrons. The largest absolute Gasteiger partial charge is 0.444 e. The third kappa shape index (κ3) is 4.51. The molecule has 0 aliphatic carbocycles. The molecule has 1 aromatic carbocycles. The molecule has 112 valence electrons. The molecular formula is C15H24N2O3. The van der Waals surface area contributed by atoms with Gasteiger partial charge in [-0.15, -0.1) is 0 Å². The second-order valence-corrected chi connectivity index (χ2v) is 5.93. The molecule has 5 nitrogen and oxygen atoms in total. The van der Waals surface area contributed by atoms with Gasteiger partial charge in [0.15, 0.2) is 0 Å². The number of carbonyl (C=O) groups is 1. The maximum absolute atomic E-state index is 11.8. The molecule has 0 bridgehead atoms. The van der Waals surface area contributed by atoms with Crippen LogP contribution in [-0.2, 0) is 4.74 Å². The molecule has 20 heavy (non-hydrogen) atoms. The van der Waals surface area contributed by atoms with Crippen LogP contribution in [0.4, 0.5) is 10.5 Å². The molecule has 0 heterocycles. The molecule has 0 aliphatic heterocycles. The van der Waals surface area contributed by atoms with E-state index in [4.69, 9.17) is 15.6 Å². The number of carbonyl (C=O) groups excluding carboxylic acids is 1. The number of hydrogen-bond donors (Lipinski definition) is 3. The van der Waals surface area contributed by atoms with Gasteiger partial charge in [-0.05, 0) is 57.4 Å². The van der Waals surface area contributed by atoms with E-state index < -0.39 is 17.7 Å². The standard InChI is InChI=1S/C15H24N2O3/c1-9-6-11(12(16)8-18)7-13(10(9)2)17-14(19)20-15(3,4)5/h6-7,12,18H,8,16H2,1-5H3,(H,17,19). The summed E-state index contributed by atoms with van der Waals surface area (Å²) in [6.07, 6.45) is -0.505. The molecule has 0 fully saturated rings. The Morgan fingerprint density at radius 2 is 2.00 bits per heavy atom. The first kappa shape index (κ1) is 16.5. The molecule has 0 saturated carbocycles. The topological polar surface area (TPSA) is 84.6 Å². The van der Waals surface area contributed by atoms with Gasteiger partial charge in [0.2, 0.25) is 0 Å². The molecule has 0 aliphatic rings. The van der Waals surface area contributed by atoms with Crippen molar-refractivity contribution in [2.75, 3.05) is 11.9 Å². The Morgan fingerprint density at radius 3 is 2.50 bits per heavy atom. The van der Waals surface area contributed by atoms with E-state index in [0.29, 0.717) is 5.69 Å². The first-order valence-corrected chi connectivity index (χ1v) is 6.61. The second kappa shape index (κ2) is 6.24. The van der Waals surface area contributed by atoms with E-state index in [-0.39, 0.29) is 6.61 Å². The molecule has 5 heteroatoms. The molecule has 1 atom stereocenters. The molecule has 1 amide bonds. The minimum absolute atomic E-state index is 0.144. The van der Waals surface area contributed by atoms with Crippen molar-refractivity contribution in [1.29, 1.82) is 0 Å². The summed E-state index contributed by atoms with van der Waals surface area (Å²) in [6.45, 7) is 9.13. The van der Waals surface area contributed by atoms with Crippen LogP contribution in [0.2, 0.25) is 0 Å². The molecule has 0 saturated heterocycles. The smallest absolute Gasteiger partial charge is 0.412 e. The lowest BCUT2D eigenvalue weighted by Crippen LogP contribution is -2.27. The number of nitrogens with one attached hydrogen (secondary N) is 1. The van der Waals surface area contributed by atoms with Gasteiger partial charge in [-0.2, -0.15) is 0 Å². The summed E-state index contributed by atoms with van der Waals surface area (Å²) in [5.41, 5.74) is 8.65. The number of benzene rings is 1. The summed E-state index contributed by atoms with van der Waals surface area (Å²) >= 11 is 0. The Hall–Kier alpha value is -1.59. The summed E-state index contributed by atoms with van der Waals surface area (Å²) in [4.78, 5) is 11.8. The quantitative estimate of drug-likeness (QED) is 0.794. The highest BCUT2D eigenvalue weighted by molar-refractivity contribution is 5.86. The van der Waals surface area contributed by atoms with Crippen LogP contribution < -0.4 is 11.1 Å². The Kier molecular flexibility index (Phi) is 5.14. The predicted octanol–water partition coefficient (Wildman–Crippen LogP) is 2.64. The lowest BCUT2D eigenvalue weighted by atomic mass is 10.00. The molecule has 4 N–H and O–H groups in total. The van der Waals surface area contributed by atoms with Crippen molar-refractivity contribution >= 4 is 11.8 Å². The number of rotatable bonds is 3. The van der Waals surface area contributed by atoms with Crippen LogP contribution in [0.3, 0.4) is 0 Å². The number of anilines is 1. The first-order valence-electron chi connectivity index (χ1n) is 6.61. The Labute approximate surface area is 120 Å². The summed E-state index contributed by atoms with van der Waals surface area (Å²) in [5.74, 6) is 0. The molecule has 1 unspecified atom stereocenters. The monoisotopic (exact) mass is 280 g/mol. The minimum Gasteiger partial charge on any atom is -0.444 e. The van der Waals surface area contributed by atoms with Crippen molar-refractivity contribution in [2.24, 2.45) is 5.73 Å². The fourth-order valence-electron chi connectivity index (χ4n) is 1.75. The molecular weight excluding hydrogens is 256 g/mol. The van der Waals surface area contributed by atoms with Gasteiger partial charge in [-0.3, -0.25) is 5.32 Å². The molecule has 0 aromatic heterocycles. The maximum Gasteiger partial charge on any atom is 0.412 e. The van der Waals surface area contributed by atoms with Crippen molar-refractivity contribution in [3.63, 3.8) is 0 Å². The summed E-state index contributed by atoms with van der Waals surface area (Å²) in [6, 6.07) is 3.22. The third-order valence-corrected chi connectivity index (χ3v) is 2.95. The summed E-state index contributed by atoms with van der Waals surface area (Å²) in [7, 11) is 0. The number of ether oxygens (including phenoxy) is 1. The zero-order valence-corrected chi connectivity index (χ0v) is 12.8. The van der Waals surface area contributed by atoms with Crippen molar-refractivity contribution in [1.82, 2.24) is 0 Å². The third-order valence-electron chi connectivity index (χ3n) is 2.95. The summed E-state index contributed by atoms with van der Waals surface area (Å²) in [5, 5.41) is 11.9. The lowest BCUT2D eigenvalue weighted by Gasteiger charge is -2.21. The zero-order valence-electron chi connectivity index (χ0n) is 12.8. The van der Waals surface area contributed by atoms with Crippen LogP contribution >= 0.6 is 0 Å². The van der Waals surface area contributed by atoms with Gasteiger partial charge >= 0.3 is 6.09 Å². The van der Waals surface area contributed by atoms with Gasteiger partial charge in [0.05, 0.1) is 12.6 Å². The van der Waals surface area contributed by atoms with E-state index in [1.807, 2.05) is 40.7 Å². The summed E-state index contributed by atoms with van der Waals surface area (Å²) < 4.78 is 5.23. The van der Waals surface area contributed by atoms with Crippen LogP contribution in [0.5, 0.6) is 0 Å². The van der Waals surface area contributed by atoms with Gasteiger partial charge in [-0.25, -0.2) is 4.79 Å². The number of aryl methyl sites for hydroxylation is 1. The SMILES string of the molecule is Cc1cc(C(N)CO)cc(NC(=O)OC(C)(C)C)c1C. The Balaban J connectivity index is 3.00. The van der Waals surface area contributed by atoms with Gasteiger partial charge in [-0.1, -0.05) is 6.07 Å². The highest BCUT2D eigenvalue weighted by Gasteiger charge is 2.18. The number of nitrogens with two attached hydrogens (primary N) is 1. The van der Waals surface area contributed by atoms with Crippen LogP contribution in [0.25, 0.3) is 0 Å². The molecule has 0 spiro atoms. The number of aliphatic hydroxyl groups is 1. The van der Waals surface area contributed by atoms with Crippen LogP contribution in [0, 0.1) is 13.8 Å². The second-order valence-electron chi connectivity index (χ2n) is 5.93. The fraction of sp³-hybridized carbons (Fsp3) is 0.533. The average molecular weight is 280 g/mol. The van der Waals surface area contributed by atoms with E-state index in [1.165, 1.54) is 0 Å². The fourth-order valence-corrected chi connectivity index (χ4v) is 1.75. The average Bonchev–Trinajstić information content (AvgIpc) is 2.31. The van der Waals surface area contributed by atoms with Gasteiger partial charge in [0, 0.05) is 5.69 Å². The lowest BCUT2D eigenvalue weighted by molar-refractivity contribution is 0.0636. The first-order chi connectivity index (χ1) is 9.14. The predicted molar refractivity (Wildman–Crippen MR) is 79.8 cm³/mol. The number of aliphatic hydroxyl groups excluding tert-OH is 1. The van der Waals surface area contributed by atoms with Crippen molar-refractivity contribution in [3.8, 4) is 0 Å².